The second-order valence-corrected chi connectivity index (χ2v) is 4.71. The Morgan fingerprint density at radius 3 is 2.28 bits per heavy atom. The number of hydrogen-bond acceptors (Lipinski definition) is 3. The van der Waals surface area contributed by atoms with Gasteiger partial charge in [0.1, 0.15) is 0 Å². The van der Waals surface area contributed by atoms with Crippen LogP contribution in [0, 0.1) is 0 Å². The molecule has 1 aliphatic rings. The van der Waals surface area contributed by atoms with E-state index in [2.05, 4.69) is 15.9 Å². The summed E-state index contributed by atoms with van der Waals surface area (Å²) in [7, 11) is 0. The van der Waals surface area contributed by atoms with E-state index in [0.29, 0.717) is 22.9 Å². The van der Waals surface area contributed by atoms with Gasteiger partial charge in [0.25, 0.3) is 11.8 Å². The number of benzene rings is 1. The highest BCUT2D eigenvalue weighted by molar-refractivity contribution is 9.09. The van der Waals surface area contributed by atoms with E-state index in [1.165, 1.54) is 6.20 Å². The summed E-state index contributed by atoms with van der Waals surface area (Å²) in [4.78, 5) is 25.1. The largest absolute Gasteiger partial charge is 0.327 e. The monoisotopic (exact) mass is 308 g/mol. The molecule has 2 amide bonds. The van der Waals surface area contributed by atoms with Gasteiger partial charge in [0.05, 0.1) is 11.1 Å². The molecule has 0 saturated carbocycles. The lowest BCUT2D eigenvalue weighted by molar-refractivity contribution is 0.0721. The quantitative estimate of drug-likeness (QED) is 0.682. The lowest BCUT2D eigenvalue weighted by Gasteiger charge is -2.08. The van der Waals surface area contributed by atoms with Crippen molar-refractivity contribution in [2.75, 3.05) is 5.33 Å². The maximum absolute atomic E-state index is 12.0. The van der Waals surface area contributed by atoms with Crippen LogP contribution in [-0.2, 0) is 0 Å². The maximum Gasteiger partial charge on any atom is 0.265 e. The normalized spacial score (nSPS) is 16.4. The zero-order valence-electron chi connectivity index (χ0n) is 9.67. The number of nitrogens with two attached hydrogens (primary N) is 1. The molecule has 0 fully saturated rings. The van der Waals surface area contributed by atoms with Crippen molar-refractivity contribution in [1.82, 2.24) is 4.90 Å². The van der Waals surface area contributed by atoms with E-state index >= 15 is 0 Å². The molecule has 0 bridgehead atoms. The fourth-order valence-electron chi connectivity index (χ4n) is 1.75. The van der Waals surface area contributed by atoms with E-state index in [-0.39, 0.29) is 17.9 Å². The molecule has 18 heavy (non-hydrogen) atoms. The Hall–Kier alpha value is -1.46. The standard InChI is InChI=1S/C13H13BrN2O2/c14-8-9(15)4-3-7-16-12(17)10-5-1-2-6-11(10)13(16)18/h1-3,5-7,9H,4,8,15H2/b7-3+. The SMILES string of the molecule is NC(CBr)C/C=C/N1C(=O)c2ccccc2C1=O. The predicted molar refractivity (Wildman–Crippen MR) is 72.5 cm³/mol. The van der Waals surface area contributed by atoms with Crippen LogP contribution in [0.1, 0.15) is 27.1 Å². The van der Waals surface area contributed by atoms with Crippen LogP contribution in [0.25, 0.3) is 0 Å². The third kappa shape index (κ3) is 2.37. The average Bonchev–Trinajstić information content (AvgIpc) is 2.64. The number of nitrogens with zero attached hydrogens (tertiary/aromatic N) is 1. The van der Waals surface area contributed by atoms with Gasteiger partial charge in [-0.25, -0.2) is 4.90 Å². The Morgan fingerprint density at radius 1 is 1.22 bits per heavy atom. The molecule has 1 aliphatic heterocycles. The minimum absolute atomic E-state index is 0.0172. The number of carbonyl (C=O) groups is 2. The highest BCUT2D eigenvalue weighted by Gasteiger charge is 2.33. The summed E-state index contributed by atoms with van der Waals surface area (Å²) in [5.41, 5.74) is 6.64. The number of amides is 2. The van der Waals surface area contributed by atoms with Crippen LogP contribution in [0.2, 0.25) is 0 Å². The molecule has 0 saturated heterocycles. The molecule has 4 nitrogen and oxygen atoms in total. The number of carbonyl (C=O) groups excluding carboxylic acids is 2. The summed E-state index contributed by atoms with van der Waals surface area (Å²) >= 11 is 3.27. The zero-order valence-corrected chi connectivity index (χ0v) is 11.3. The van der Waals surface area contributed by atoms with Crippen molar-refractivity contribution < 1.29 is 9.59 Å². The molecule has 2 rings (SSSR count). The fourth-order valence-corrected chi connectivity index (χ4v) is 2.01. The summed E-state index contributed by atoms with van der Waals surface area (Å²) in [6.45, 7) is 0. The van der Waals surface area contributed by atoms with Crippen LogP contribution in [-0.4, -0.2) is 28.1 Å². The Balaban J connectivity index is 2.14. The average molecular weight is 309 g/mol. The van der Waals surface area contributed by atoms with Crippen molar-refractivity contribution in [3.8, 4) is 0 Å². The number of imide groups is 1. The minimum Gasteiger partial charge on any atom is -0.327 e. The van der Waals surface area contributed by atoms with Crippen molar-refractivity contribution in [2.24, 2.45) is 5.73 Å². The summed E-state index contributed by atoms with van der Waals surface area (Å²) in [6, 6.07) is 6.80. The second-order valence-electron chi connectivity index (χ2n) is 4.06. The number of alkyl halides is 1. The molecule has 1 aromatic carbocycles. The number of hydrogen-bond donors (Lipinski definition) is 1. The van der Waals surface area contributed by atoms with Gasteiger partial charge in [-0.3, -0.25) is 9.59 Å². The van der Waals surface area contributed by atoms with Crippen molar-refractivity contribution in [1.29, 1.82) is 0 Å². The van der Waals surface area contributed by atoms with E-state index in [9.17, 15) is 9.59 Å². The third-order valence-electron chi connectivity index (χ3n) is 2.72. The molecule has 0 aliphatic carbocycles. The molecule has 0 spiro atoms. The molecule has 0 radical (unpaired) electrons. The first-order chi connectivity index (χ1) is 8.65. The van der Waals surface area contributed by atoms with E-state index in [1.54, 1.807) is 30.3 Å². The van der Waals surface area contributed by atoms with Gasteiger partial charge in [0.2, 0.25) is 0 Å². The van der Waals surface area contributed by atoms with Crippen molar-refractivity contribution in [3.63, 3.8) is 0 Å². The zero-order chi connectivity index (χ0) is 13.1. The van der Waals surface area contributed by atoms with Gasteiger partial charge in [-0.05, 0) is 18.6 Å². The molecular weight excluding hydrogens is 296 g/mol. The Kier molecular flexibility index (Phi) is 3.93. The maximum atomic E-state index is 12.0. The second kappa shape index (κ2) is 5.46. The first kappa shape index (κ1) is 13.0. The first-order valence-electron chi connectivity index (χ1n) is 5.60. The first-order valence-corrected chi connectivity index (χ1v) is 6.72. The van der Waals surface area contributed by atoms with Crippen molar-refractivity contribution in [2.45, 2.75) is 12.5 Å². The van der Waals surface area contributed by atoms with E-state index in [1.807, 2.05) is 0 Å². The Bertz CT molecular complexity index is 478. The van der Waals surface area contributed by atoms with Crippen LogP contribution >= 0.6 is 15.9 Å². The van der Waals surface area contributed by atoms with E-state index < -0.39 is 0 Å². The highest BCUT2D eigenvalue weighted by Crippen LogP contribution is 2.22. The molecule has 1 aromatic rings. The van der Waals surface area contributed by atoms with E-state index in [4.69, 9.17) is 5.73 Å². The topological polar surface area (TPSA) is 63.4 Å². The number of halogens is 1. The van der Waals surface area contributed by atoms with Crippen molar-refractivity contribution >= 4 is 27.7 Å². The molecular formula is C13H13BrN2O2. The molecule has 1 heterocycles. The molecule has 1 atom stereocenters. The van der Waals surface area contributed by atoms with Gasteiger partial charge in [-0.1, -0.05) is 34.1 Å². The summed E-state index contributed by atoms with van der Waals surface area (Å²) in [6.07, 6.45) is 3.86. The highest BCUT2D eigenvalue weighted by atomic mass is 79.9. The molecule has 94 valence electrons. The van der Waals surface area contributed by atoms with Gasteiger partial charge in [0.15, 0.2) is 0 Å². The number of fused-ring (bicyclic) bond motifs is 1. The summed E-state index contributed by atoms with van der Waals surface area (Å²) in [5.74, 6) is -0.557. The van der Waals surface area contributed by atoms with Crippen LogP contribution in [0.5, 0.6) is 0 Å². The Morgan fingerprint density at radius 2 is 1.78 bits per heavy atom. The van der Waals surface area contributed by atoms with Crippen LogP contribution in [0.15, 0.2) is 36.5 Å². The predicted octanol–water partition coefficient (Wildman–Crippen LogP) is 1.91. The van der Waals surface area contributed by atoms with Gasteiger partial charge in [-0.15, -0.1) is 0 Å². The molecule has 2 N–H and O–H groups in total. The van der Waals surface area contributed by atoms with Crippen molar-refractivity contribution in [3.05, 3.63) is 47.7 Å². The molecule has 5 heteroatoms. The van der Waals surface area contributed by atoms with Gasteiger partial charge in [0, 0.05) is 17.6 Å². The Labute approximate surface area is 114 Å². The van der Waals surface area contributed by atoms with Gasteiger partial charge >= 0.3 is 0 Å². The molecule has 1 unspecified atom stereocenters. The minimum atomic E-state index is -0.278. The van der Waals surface area contributed by atoms with Crippen LogP contribution < -0.4 is 5.73 Å². The van der Waals surface area contributed by atoms with Gasteiger partial charge in [-0.2, -0.15) is 0 Å². The number of rotatable bonds is 4. The summed E-state index contributed by atoms with van der Waals surface area (Å²) < 4.78 is 0. The smallest absolute Gasteiger partial charge is 0.265 e. The summed E-state index contributed by atoms with van der Waals surface area (Å²) in [5, 5.41) is 0.680. The van der Waals surface area contributed by atoms with Crippen LogP contribution in [0.4, 0.5) is 0 Å². The lowest BCUT2D eigenvalue weighted by Crippen LogP contribution is -2.24. The third-order valence-corrected chi connectivity index (χ3v) is 3.55. The lowest BCUT2D eigenvalue weighted by atomic mass is 10.1. The fraction of sp³-hybridized carbons (Fsp3) is 0.231. The van der Waals surface area contributed by atoms with Gasteiger partial charge < -0.3 is 5.73 Å². The molecule has 0 aromatic heterocycles. The van der Waals surface area contributed by atoms with Crippen LogP contribution in [0.3, 0.4) is 0 Å². The van der Waals surface area contributed by atoms with E-state index in [0.717, 1.165) is 4.90 Å².